The lowest BCUT2D eigenvalue weighted by atomic mass is 9.96. The van der Waals surface area contributed by atoms with Crippen molar-refractivity contribution >= 4 is 17.8 Å². The zero-order valence-electron chi connectivity index (χ0n) is 16.7. The number of amides is 2. The van der Waals surface area contributed by atoms with Gasteiger partial charge in [-0.3, -0.25) is 14.4 Å². The summed E-state index contributed by atoms with van der Waals surface area (Å²) in [5, 5.41) is 9.08. The summed E-state index contributed by atoms with van der Waals surface area (Å²) < 4.78 is 5.76. The summed E-state index contributed by atoms with van der Waals surface area (Å²) in [6, 6.07) is 3.89. The molecular weight excluding hydrogens is 360 g/mol. The second-order valence-electron chi connectivity index (χ2n) is 7.79. The van der Waals surface area contributed by atoms with Gasteiger partial charge in [0, 0.05) is 31.6 Å². The van der Waals surface area contributed by atoms with Gasteiger partial charge in [0.2, 0.25) is 11.8 Å². The first-order chi connectivity index (χ1) is 13.3. The smallest absolute Gasteiger partial charge is 0.323 e. The zero-order chi connectivity index (χ0) is 20.4. The first-order valence-corrected chi connectivity index (χ1v) is 9.79. The molecule has 7 nitrogen and oxygen atoms in total. The van der Waals surface area contributed by atoms with E-state index in [0.717, 1.165) is 28.9 Å². The molecule has 1 fully saturated rings. The Hall–Kier alpha value is -2.57. The fourth-order valence-electron chi connectivity index (χ4n) is 4.15. The molecule has 28 heavy (non-hydrogen) atoms. The number of likely N-dealkylation sites (tertiary alicyclic amines) is 1. The van der Waals surface area contributed by atoms with Crippen molar-refractivity contribution in [3.8, 4) is 5.75 Å². The maximum Gasteiger partial charge on any atom is 0.323 e. The van der Waals surface area contributed by atoms with Gasteiger partial charge < -0.3 is 19.6 Å². The van der Waals surface area contributed by atoms with Gasteiger partial charge in [-0.25, -0.2) is 0 Å². The van der Waals surface area contributed by atoms with E-state index in [4.69, 9.17) is 9.84 Å². The molecule has 1 aromatic carbocycles. The lowest BCUT2D eigenvalue weighted by Crippen LogP contribution is -2.43. The quantitative estimate of drug-likeness (QED) is 0.853. The highest BCUT2D eigenvalue weighted by atomic mass is 16.5. The van der Waals surface area contributed by atoms with E-state index in [0.29, 0.717) is 32.5 Å². The molecule has 2 aliphatic heterocycles. The molecule has 2 aliphatic rings. The van der Waals surface area contributed by atoms with E-state index in [1.54, 1.807) is 0 Å². The minimum Gasteiger partial charge on any atom is -0.492 e. The summed E-state index contributed by atoms with van der Waals surface area (Å²) in [5.74, 6) is -0.712. The molecule has 1 aromatic rings. The van der Waals surface area contributed by atoms with E-state index in [2.05, 4.69) is 0 Å². The Bertz CT molecular complexity index is 791. The van der Waals surface area contributed by atoms with Gasteiger partial charge in [0.1, 0.15) is 24.8 Å². The molecule has 7 heteroatoms. The molecule has 152 valence electrons. The number of rotatable bonds is 4. The summed E-state index contributed by atoms with van der Waals surface area (Å²) in [4.78, 5) is 39.4. The van der Waals surface area contributed by atoms with Gasteiger partial charge in [0.15, 0.2) is 0 Å². The Balaban J connectivity index is 1.70. The van der Waals surface area contributed by atoms with Gasteiger partial charge in [-0.15, -0.1) is 0 Å². The average Bonchev–Trinajstić information content (AvgIpc) is 2.87. The molecule has 0 aliphatic carbocycles. The molecular formula is C21H28N2O5. The van der Waals surface area contributed by atoms with Crippen LogP contribution in [-0.2, 0) is 14.4 Å². The average molecular weight is 388 g/mol. The van der Waals surface area contributed by atoms with Gasteiger partial charge in [-0.2, -0.15) is 0 Å². The van der Waals surface area contributed by atoms with Crippen LogP contribution in [0.1, 0.15) is 48.8 Å². The van der Waals surface area contributed by atoms with Crippen LogP contribution in [0.4, 0.5) is 0 Å². The molecule has 0 bridgehead atoms. The molecule has 2 amide bonds. The van der Waals surface area contributed by atoms with Crippen molar-refractivity contribution in [3.05, 3.63) is 28.8 Å². The minimum atomic E-state index is -1.02. The number of benzene rings is 1. The number of hydrogen-bond acceptors (Lipinski definition) is 4. The normalized spacial score (nSPS) is 21.5. The number of fused-ring (bicyclic) bond motifs is 1. The molecule has 3 rings (SSSR count). The van der Waals surface area contributed by atoms with Crippen molar-refractivity contribution in [3.63, 3.8) is 0 Å². The van der Waals surface area contributed by atoms with Gasteiger partial charge in [0.05, 0.1) is 0 Å². The maximum atomic E-state index is 13.2. The van der Waals surface area contributed by atoms with Crippen LogP contribution in [0.15, 0.2) is 12.1 Å². The third-order valence-corrected chi connectivity index (χ3v) is 5.87. The lowest BCUT2D eigenvalue weighted by Gasteiger charge is -2.29. The molecule has 0 aromatic heterocycles. The number of aryl methyl sites for hydroxylation is 2. The summed E-state index contributed by atoms with van der Waals surface area (Å²) >= 11 is 0. The van der Waals surface area contributed by atoms with Crippen LogP contribution in [0.5, 0.6) is 5.75 Å². The SMILES string of the molecule is CC(=O)N(CC(=O)O)C1CCCN(C(=O)C2COc3cc(C)c(C)cc32)CC1. The highest BCUT2D eigenvalue weighted by Gasteiger charge is 2.35. The fourth-order valence-corrected chi connectivity index (χ4v) is 4.15. The zero-order valence-corrected chi connectivity index (χ0v) is 16.7. The molecule has 2 unspecified atom stereocenters. The van der Waals surface area contributed by atoms with Crippen LogP contribution in [0.2, 0.25) is 0 Å². The van der Waals surface area contributed by atoms with Crippen LogP contribution in [0.3, 0.4) is 0 Å². The number of ether oxygens (including phenoxy) is 1. The van der Waals surface area contributed by atoms with Crippen LogP contribution < -0.4 is 4.74 Å². The van der Waals surface area contributed by atoms with E-state index in [9.17, 15) is 14.4 Å². The van der Waals surface area contributed by atoms with Gasteiger partial charge in [0.25, 0.3) is 0 Å². The summed E-state index contributed by atoms with van der Waals surface area (Å²) in [5.41, 5.74) is 3.24. The van der Waals surface area contributed by atoms with Crippen molar-refractivity contribution in [1.29, 1.82) is 0 Å². The van der Waals surface area contributed by atoms with E-state index >= 15 is 0 Å². The van der Waals surface area contributed by atoms with Crippen molar-refractivity contribution in [2.24, 2.45) is 0 Å². The van der Waals surface area contributed by atoms with Gasteiger partial charge in [-0.1, -0.05) is 6.07 Å². The van der Waals surface area contributed by atoms with Crippen LogP contribution in [-0.4, -0.2) is 65.0 Å². The number of nitrogens with zero attached hydrogens (tertiary/aromatic N) is 2. The van der Waals surface area contributed by atoms with Gasteiger partial charge >= 0.3 is 5.97 Å². The Morgan fingerprint density at radius 2 is 1.89 bits per heavy atom. The number of carboxylic acid groups (broad SMARTS) is 1. The first-order valence-electron chi connectivity index (χ1n) is 9.79. The van der Waals surface area contributed by atoms with Gasteiger partial charge in [-0.05, 0) is 50.3 Å². The van der Waals surface area contributed by atoms with Crippen molar-refractivity contribution in [2.75, 3.05) is 26.2 Å². The number of carboxylic acids is 1. The Labute approximate surface area is 165 Å². The molecule has 1 N–H and O–H groups in total. The highest BCUT2D eigenvalue weighted by Crippen LogP contribution is 2.37. The van der Waals surface area contributed by atoms with E-state index in [1.807, 2.05) is 30.9 Å². The van der Waals surface area contributed by atoms with Crippen LogP contribution >= 0.6 is 0 Å². The van der Waals surface area contributed by atoms with Crippen molar-refractivity contribution in [2.45, 2.75) is 52.0 Å². The molecule has 0 radical (unpaired) electrons. The Morgan fingerprint density at radius 3 is 2.57 bits per heavy atom. The maximum absolute atomic E-state index is 13.2. The predicted molar refractivity (Wildman–Crippen MR) is 103 cm³/mol. The van der Waals surface area contributed by atoms with Crippen LogP contribution in [0.25, 0.3) is 0 Å². The molecule has 2 atom stereocenters. The number of aliphatic carboxylic acids is 1. The van der Waals surface area contributed by atoms with E-state index in [-0.39, 0.29) is 30.3 Å². The summed E-state index contributed by atoms with van der Waals surface area (Å²) in [6.07, 6.45) is 2.03. The monoisotopic (exact) mass is 388 g/mol. The van der Waals surface area contributed by atoms with E-state index < -0.39 is 5.97 Å². The second-order valence-corrected chi connectivity index (χ2v) is 7.79. The molecule has 1 saturated heterocycles. The number of hydrogen-bond donors (Lipinski definition) is 1. The number of carbonyl (C=O) groups excluding carboxylic acids is 2. The Morgan fingerprint density at radius 1 is 1.18 bits per heavy atom. The minimum absolute atomic E-state index is 0.0512. The third kappa shape index (κ3) is 4.13. The third-order valence-electron chi connectivity index (χ3n) is 5.87. The summed E-state index contributed by atoms with van der Waals surface area (Å²) in [6.45, 7) is 6.65. The highest BCUT2D eigenvalue weighted by molar-refractivity contribution is 5.86. The van der Waals surface area contributed by atoms with Crippen molar-refractivity contribution < 1.29 is 24.2 Å². The van der Waals surface area contributed by atoms with Crippen molar-refractivity contribution in [1.82, 2.24) is 9.80 Å². The van der Waals surface area contributed by atoms with E-state index in [1.165, 1.54) is 11.8 Å². The number of carbonyl (C=O) groups is 3. The summed E-state index contributed by atoms with van der Waals surface area (Å²) in [7, 11) is 0. The fraction of sp³-hybridized carbons (Fsp3) is 0.571. The molecule has 2 heterocycles. The van der Waals surface area contributed by atoms with Crippen LogP contribution in [0, 0.1) is 13.8 Å². The first kappa shape index (κ1) is 20.2. The standard InChI is InChI=1S/C21H28N2O5/c1-13-9-17-18(12-28-19(17)10-14(13)2)21(27)22-7-4-5-16(6-8-22)23(15(3)24)11-20(25)26/h9-10,16,18H,4-8,11-12H2,1-3H3,(H,25,26). The molecule has 0 saturated carbocycles. The predicted octanol–water partition coefficient (Wildman–Crippen LogP) is 2.09. The Kier molecular flexibility index (Phi) is 5.91. The largest absolute Gasteiger partial charge is 0.492 e. The lowest BCUT2D eigenvalue weighted by molar-refractivity contribution is -0.145. The topological polar surface area (TPSA) is 87.2 Å². The molecule has 0 spiro atoms. The second kappa shape index (κ2) is 8.20.